The molecule has 2 N–H and O–H groups in total. The summed E-state index contributed by atoms with van der Waals surface area (Å²) in [4.78, 5) is 12.3. The maximum absolute atomic E-state index is 14.5. The van der Waals surface area contributed by atoms with E-state index in [1.54, 1.807) is 13.0 Å². The molecule has 0 spiro atoms. The first kappa shape index (κ1) is 19.4. The lowest BCUT2D eigenvalue weighted by atomic mass is 10.1. The van der Waals surface area contributed by atoms with Gasteiger partial charge < -0.3 is 15.3 Å². The third-order valence-electron chi connectivity index (χ3n) is 4.77. The highest BCUT2D eigenvalue weighted by Crippen LogP contribution is 2.31. The minimum absolute atomic E-state index is 0.0647. The van der Waals surface area contributed by atoms with Gasteiger partial charge in [-0.2, -0.15) is 0 Å². The summed E-state index contributed by atoms with van der Waals surface area (Å²) in [6, 6.07) is 7.80. The van der Waals surface area contributed by atoms with Gasteiger partial charge in [-0.05, 0) is 43.0 Å². The van der Waals surface area contributed by atoms with E-state index in [4.69, 9.17) is 11.6 Å². The monoisotopic (exact) mass is 393 g/mol. The Labute approximate surface area is 161 Å². The van der Waals surface area contributed by atoms with Gasteiger partial charge in [0.1, 0.15) is 5.82 Å². The topological polar surface area (TPSA) is 78.6 Å². The lowest BCUT2D eigenvalue weighted by molar-refractivity contribution is -0.384. The number of hydrogen-bond acceptors (Lipinski definition) is 5. The van der Waals surface area contributed by atoms with Crippen LogP contribution >= 0.6 is 11.6 Å². The lowest BCUT2D eigenvalue weighted by Gasteiger charge is -2.31. The van der Waals surface area contributed by atoms with Crippen LogP contribution in [0.5, 0.6) is 0 Å². The second-order valence-corrected chi connectivity index (χ2v) is 7.14. The molecule has 1 aliphatic heterocycles. The predicted octanol–water partition coefficient (Wildman–Crippen LogP) is 4.27. The number of nitro benzene ring substituents is 1. The maximum Gasteiger partial charge on any atom is 0.271 e. The van der Waals surface area contributed by atoms with Crippen LogP contribution in [0.15, 0.2) is 30.3 Å². The van der Waals surface area contributed by atoms with Crippen molar-refractivity contribution in [1.29, 1.82) is 0 Å². The fourth-order valence-electron chi connectivity index (χ4n) is 3.27. The standard InChI is InChI=1S/C19H21ClFN3O3/c1-12-8-14(24(26)27)10-16(20)19(12)22-11-13-2-3-18(17(21)9-13)23-6-4-15(25)5-7-23/h2-3,8-10,15,22,25H,4-7,11H2,1H3. The van der Waals surface area contributed by atoms with Gasteiger partial charge in [0.05, 0.1) is 27.4 Å². The molecule has 0 aliphatic carbocycles. The average molecular weight is 394 g/mol. The maximum atomic E-state index is 14.5. The summed E-state index contributed by atoms with van der Waals surface area (Å²) in [6.45, 7) is 3.34. The Morgan fingerprint density at radius 1 is 1.33 bits per heavy atom. The molecule has 144 valence electrons. The second-order valence-electron chi connectivity index (χ2n) is 6.73. The van der Waals surface area contributed by atoms with Crippen LogP contribution in [0.3, 0.4) is 0 Å². The summed E-state index contributed by atoms with van der Waals surface area (Å²) in [6.07, 6.45) is 0.976. The first-order valence-electron chi connectivity index (χ1n) is 8.75. The molecule has 0 bridgehead atoms. The zero-order valence-electron chi connectivity index (χ0n) is 14.9. The van der Waals surface area contributed by atoms with Gasteiger partial charge >= 0.3 is 0 Å². The molecule has 1 saturated heterocycles. The predicted molar refractivity (Wildman–Crippen MR) is 104 cm³/mol. The summed E-state index contributed by atoms with van der Waals surface area (Å²) in [5, 5.41) is 23.8. The van der Waals surface area contributed by atoms with Crippen molar-refractivity contribution in [2.24, 2.45) is 0 Å². The molecule has 1 aliphatic rings. The molecule has 1 heterocycles. The van der Waals surface area contributed by atoms with Gasteiger partial charge in [0.2, 0.25) is 0 Å². The Hall–Kier alpha value is -2.38. The van der Waals surface area contributed by atoms with Crippen LogP contribution in [0.4, 0.5) is 21.5 Å². The van der Waals surface area contributed by atoms with Gasteiger partial charge in [0.25, 0.3) is 5.69 Å². The summed E-state index contributed by atoms with van der Waals surface area (Å²) in [7, 11) is 0. The van der Waals surface area contributed by atoms with Crippen molar-refractivity contribution in [3.8, 4) is 0 Å². The van der Waals surface area contributed by atoms with Gasteiger partial charge in [-0.1, -0.05) is 17.7 Å². The minimum Gasteiger partial charge on any atom is -0.393 e. The molecule has 2 aromatic rings. The van der Waals surface area contributed by atoms with E-state index in [-0.39, 0.29) is 22.6 Å². The number of nitrogens with zero attached hydrogens (tertiary/aromatic N) is 2. The second kappa shape index (κ2) is 8.10. The average Bonchev–Trinajstić information content (AvgIpc) is 2.62. The Bertz CT molecular complexity index is 831. The van der Waals surface area contributed by atoms with Gasteiger partial charge in [0, 0.05) is 31.8 Å². The van der Waals surface area contributed by atoms with Crippen molar-refractivity contribution < 1.29 is 14.4 Å². The van der Waals surface area contributed by atoms with E-state index in [1.807, 2.05) is 11.0 Å². The van der Waals surface area contributed by atoms with E-state index in [2.05, 4.69) is 5.32 Å². The fraction of sp³-hybridized carbons (Fsp3) is 0.368. The van der Waals surface area contributed by atoms with Crippen LogP contribution < -0.4 is 10.2 Å². The number of benzene rings is 2. The highest BCUT2D eigenvalue weighted by molar-refractivity contribution is 6.33. The highest BCUT2D eigenvalue weighted by atomic mass is 35.5. The van der Waals surface area contributed by atoms with Crippen molar-refractivity contribution >= 4 is 28.7 Å². The number of nitrogens with one attached hydrogen (secondary N) is 1. The first-order chi connectivity index (χ1) is 12.8. The Kier molecular flexibility index (Phi) is 5.82. The number of aryl methyl sites for hydroxylation is 1. The van der Waals surface area contributed by atoms with Crippen LogP contribution in [-0.4, -0.2) is 29.2 Å². The van der Waals surface area contributed by atoms with Crippen molar-refractivity contribution in [2.45, 2.75) is 32.4 Å². The van der Waals surface area contributed by atoms with Gasteiger partial charge in [-0.3, -0.25) is 10.1 Å². The molecule has 0 amide bonds. The van der Waals surface area contributed by atoms with E-state index in [9.17, 15) is 19.6 Å². The molecule has 0 saturated carbocycles. The number of rotatable bonds is 5. The molecule has 0 radical (unpaired) electrons. The number of hydrogen-bond donors (Lipinski definition) is 2. The zero-order chi connectivity index (χ0) is 19.6. The Morgan fingerprint density at radius 3 is 2.63 bits per heavy atom. The summed E-state index contributed by atoms with van der Waals surface area (Å²) in [5.41, 5.74) is 2.46. The van der Waals surface area contributed by atoms with Crippen molar-refractivity contribution in [1.82, 2.24) is 0 Å². The van der Waals surface area contributed by atoms with Crippen molar-refractivity contribution in [2.75, 3.05) is 23.3 Å². The van der Waals surface area contributed by atoms with Gasteiger partial charge in [-0.15, -0.1) is 0 Å². The number of aliphatic hydroxyl groups is 1. The van der Waals surface area contributed by atoms with Crippen LogP contribution in [0.2, 0.25) is 5.02 Å². The fourth-order valence-corrected chi connectivity index (χ4v) is 3.60. The SMILES string of the molecule is Cc1cc([N+](=O)[O-])cc(Cl)c1NCc1ccc(N2CCC(O)CC2)c(F)c1. The number of anilines is 2. The molecule has 0 atom stereocenters. The zero-order valence-corrected chi connectivity index (χ0v) is 15.7. The number of aliphatic hydroxyl groups excluding tert-OH is 1. The molecule has 27 heavy (non-hydrogen) atoms. The lowest BCUT2D eigenvalue weighted by Crippen LogP contribution is -2.36. The number of piperidine rings is 1. The molecule has 0 aromatic heterocycles. The van der Waals surface area contributed by atoms with Gasteiger partial charge in [0.15, 0.2) is 0 Å². The van der Waals surface area contributed by atoms with Crippen molar-refractivity contribution in [3.05, 3.63) is 62.4 Å². The normalized spacial score (nSPS) is 15.0. The van der Waals surface area contributed by atoms with Crippen LogP contribution in [0.25, 0.3) is 0 Å². The molecule has 8 heteroatoms. The third kappa shape index (κ3) is 4.48. The molecule has 3 rings (SSSR count). The van der Waals surface area contributed by atoms with Crippen LogP contribution in [-0.2, 0) is 6.54 Å². The van der Waals surface area contributed by atoms with Crippen LogP contribution in [0, 0.1) is 22.9 Å². The van der Waals surface area contributed by atoms with E-state index in [0.29, 0.717) is 49.4 Å². The molecule has 1 fully saturated rings. The molecule has 2 aromatic carbocycles. The highest BCUT2D eigenvalue weighted by Gasteiger charge is 2.20. The summed E-state index contributed by atoms with van der Waals surface area (Å²) >= 11 is 6.15. The quantitative estimate of drug-likeness (QED) is 0.586. The summed E-state index contributed by atoms with van der Waals surface area (Å²) < 4.78 is 14.5. The van der Waals surface area contributed by atoms with Crippen LogP contribution in [0.1, 0.15) is 24.0 Å². The van der Waals surface area contributed by atoms with E-state index in [0.717, 1.165) is 5.56 Å². The summed E-state index contributed by atoms with van der Waals surface area (Å²) in [5.74, 6) is -0.308. The first-order valence-corrected chi connectivity index (χ1v) is 9.13. The Morgan fingerprint density at radius 2 is 2.04 bits per heavy atom. The Balaban J connectivity index is 1.70. The van der Waals surface area contributed by atoms with E-state index >= 15 is 0 Å². The molecular weight excluding hydrogens is 373 g/mol. The smallest absolute Gasteiger partial charge is 0.271 e. The van der Waals surface area contributed by atoms with Crippen molar-refractivity contribution in [3.63, 3.8) is 0 Å². The minimum atomic E-state index is -0.490. The molecule has 6 nitrogen and oxygen atoms in total. The number of nitro groups is 1. The van der Waals surface area contributed by atoms with E-state index in [1.165, 1.54) is 18.2 Å². The molecule has 0 unspecified atom stereocenters. The van der Waals surface area contributed by atoms with Gasteiger partial charge in [-0.25, -0.2) is 4.39 Å². The van der Waals surface area contributed by atoms with E-state index < -0.39 is 4.92 Å². The molecular formula is C19H21ClFN3O3. The number of non-ortho nitro benzene ring substituents is 1. The third-order valence-corrected chi connectivity index (χ3v) is 5.07. The number of halogens is 2. The largest absolute Gasteiger partial charge is 0.393 e.